The highest BCUT2D eigenvalue weighted by molar-refractivity contribution is 6.03. The van der Waals surface area contributed by atoms with Crippen LogP contribution in [0.15, 0.2) is 84.0 Å². The molecule has 0 spiro atoms. The van der Waals surface area contributed by atoms with Crippen LogP contribution in [0, 0.1) is 0 Å². The molecule has 0 aromatic heterocycles. The fourth-order valence-electron chi connectivity index (χ4n) is 4.17. The van der Waals surface area contributed by atoms with Gasteiger partial charge in [-0.25, -0.2) is 0 Å². The van der Waals surface area contributed by atoms with Crippen molar-refractivity contribution in [3.63, 3.8) is 0 Å². The molecule has 9 heteroatoms. The molecule has 4 rings (SSSR count). The first-order chi connectivity index (χ1) is 17.5. The zero-order valence-electron chi connectivity index (χ0n) is 20.6. The second-order valence-corrected chi connectivity index (χ2v) is 9.28. The van der Waals surface area contributed by atoms with E-state index in [4.69, 9.17) is 9.47 Å². The molecule has 3 aromatic rings. The standard InChI is InChI=1S/C28H27F3N2O4/c1-26(2,20-7-5-4-6-8-20)21-11-15-23(16-12-21)37-18-25(34)33-27(35,28(29,30)31)17-24(32-33)19-9-13-22(36-3)14-10-19/h4-16,35H,17-18H2,1-3H3/t27-/m0/s1. The van der Waals surface area contributed by atoms with E-state index in [9.17, 15) is 23.1 Å². The third-order valence-electron chi connectivity index (χ3n) is 6.53. The number of hydrazone groups is 1. The van der Waals surface area contributed by atoms with Gasteiger partial charge in [0, 0.05) is 5.41 Å². The average Bonchev–Trinajstić information content (AvgIpc) is 3.27. The minimum atomic E-state index is -5.13. The summed E-state index contributed by atoms with van der Waals surface area (Å²) < 4.78 is 52.1. The quantitative estimate of drug-likeness (QED) is 0.467. The Kier molecular flexibility index (Phi) is 7.01. The van der Waals surface area contributed by atoms with E-state index in [1.54, 1.807) is 24.3 Å². The zero-order chi connectivity index (χ0) is 26.8. The van der Waals surface area contributed by atoms with Crippen molar-refractivity contribution in [2.45, 2.75) is 37.6 Å². The fraction of sp³-hybridized carbons (Fsp3) is 0.286. The van der Waals surface area contributed by atoms with Gasteiger partial charge in [0.25, 0.3) is 11.6 Å². The Hall–Kier alpha value is -3.85. The molecule has 1 aliphatic heterocycles. The number of ether oxygens (including phenoxy) is 2. The summed E-state index contributed by atoms with van der Waals surface area (Å²) in [5, 5.41) is 14.4. The molecule has 1 N–H and O–H groups in total. The predicted octanol–water partition coefficient (Wildman–Crippen LogP) is 5.29. The lowest BCUT2D eigenvalue weighted by Gasteiger charge is -2.32. The lowest BCUT2D eigenvalue weighted by atomic mass is 9.78. The number of carbonyl (C=O) groups excluding carboxylic acids is 1. The molecule has 0 unspecified atom stereocenters. The molecule has 37 heavy (non-hydrogen) atoms. The number of methoxy groups -OCH3 is 1. The van der Waals surface area contributed by atoms with Crippen molar-refractivity contribution >= 4 is 11.6 Å². The minimum Gasteiger partial charge on any atom is -0.497 e. The van der Waals surface area contributed by atoms with Gasteiger partial charge < -0.3 is 14.6 Å². The first-order valence-electron chi connectivity index (χ1n) is 11.6. The maximum absolute atomic E-state index is 13.8. The van der Waals surface area contributed by atoms with Gasteiger partial charge in [0.05, 0.1) is 19.2 Å². The number of halogens is 3. The molecule has 1 aliphatic rings. The van der Waals surface area contributed by atoms with Crippen molar-refractivity contribution in [2.24, 2.45) is 5.10 Å². The van der Waals surface area contributed by atoms with E-state index in [2.05, 4.69) is 18.9 Å². The van der Waals surface area contributed by atoms with Crippen molar-refractivity contribution in [2.75, 3.05) is 13.7 Å². The van der Waals surface area contributed by atoms with E-state index >= 15 is 0 Å². The maximum atomic E-state index is 13.8. The number of amides is 1. The number of nitrogens with zero attached hydrogens (tertiary/aromatic N) is 2. The SMILES string of the molecule is COc1ccc(C2=NN(C(=O)COc3ccc(C(C)(C)c4ccccc4)cc3)[C@@](O)(C(F)(F)F)C2)cc1. The summed E-state index contributed by atoms with van der Waals surface area (Å²) in [4.78, 5) is 12.8. The Morgan fingerprint density at radius 2 is 1.51 bits per heavy atom. The van der Waals surface area contributed by atoms with Gasteiger partial charge >= 0.3 is 6.18 Å². The monoisotopic (exact) mass is 512 g/mol. The molecule has 1 amide bonds. The van der Waals surface area contributed by atoms with Crippen LogP contribution in [0.1, 0.15) is 37.0 Å². The third kappa shape index (κ3) is 5.17. The Labute approximate surface area is 212 Å². The topological polar surface area (TPSA) is 71.4 Å². The van der Waals surface area contributed by atoms with E-state index in [0.29, 0.717) is 17.1 Å². The van der Waals surface area contributed by atoms with Crippen LogP contribution in [0.4, 0.5) is 13.2 Å². The molecule has 0 saturated carbocycles. The van der Waals surface area contributed by atoms with Gasteiger partial charge in [-0.15, -0.1) is 0 Å². The second-order valence-electron chi connectivity index (χ2n) is 9.28. The zero-order valence-corrected chi connectivity index (χ0v) is 20.6. The van der Waals surface area contributed by atoms with Crippen LogP contribution in [0.25, 0.3) is 0 Å². The van der Waals surface area contributed by atoms with Crippen LogP contribution in [-0.4, -0.2) is 47.4 Å². The number of benzene rings is 3. The van der Waals surface area contributed by atoms with E-state index < -0.39 is 30.8 Å². The molecule has 0 aliphatic carbocycles. The van der Waals surface area contributed by atoms with Crippen LogP contribution >= 0.6 is 0 Å². The summed E-state index contributed by atoms with van der Waals surface area (Å²) in [7, 11) is 1.46. The molecule has 194 valence electrons. The van der Waals surface area contributed by atoms with Crippen LogP contribution < -0.4 is 9.47 Å². The average molecular weight is 513 g/mol. The summed E-state index contributed by atoms with van der Waals surface area (Å²) in [5.41, 5.74) is -1.41. The molecule has 0 saturated heterocycles. The summed E-state index contributed by atoms with van der Waals surface area (Å²) in [6, 6.07) is 23.0. The first-order valence-corrected chi connectivity index (χ1v) is 11.6. The maximum Gasteiger partial charge on any atom is 0.438 e. The van der Waals surface area contributed by atoms with Gasteiger partial charge in [-0.2, -0.15) is 23.3 Å². The van der Waals surface area contributed by atoms with Gasteiger partial charge in [0.1, 0.15) is 11.5 Å². The molecular formula is C28H27F3N2O4. The van der Waals surface area contributed by atoms with Crippen molar-refractivity contribution in [3.8, 4) is 11.5 Å². The molecule has 6 nitrogen and oxygen atoms in total. The lowest BCUT2D eigenvalue weighted by Crippen LogP contribution is -2.57. The highest BCUT2D eigenvalue weighted by Crippen LogP contribution is 2.41. The number of carbonyl (C=O) groups is 1. The van der Waals surface area contributed by atoms with Crippen molar-refractivity contribution < 1.29 is 32.5 Å². The van der Waals surface area contributed by atoms with Crippen LogP contribution in [0.2, 0.25) is 0 Å². The molecule has 3 aromatic carbocycles. The van der Waals surface area contributed by atoms with Crippen molar-refractivity contribution in [1.29, 1.82) is 0 Å². The highest BCUT2D eigenvalue weighted by Gasteiger charge is 2.63. The van der Waals surface area contributed by atoms with Crippen LogP contribution in [-0.2, 0) is 10.2 Å². The molecule has 0 radical (unpaired) electrons. The molecule has 0 fully saturated rings. The molecule has 1 atom stereocenters. The smallest absolute Gasteiger partial charge is 0.438 e. The van der Waals surface area contributed by atoms with Gasteiger partial charge in [-0.1, -0.05) is 56.3 Å². The summed E-state index contributed by atoms with van der Waals surface area (Å²) in [5.74, 6) is -0.319. The second kappa shape index (κ2) is 9.89. The summed E-state index contributed by atoms with van der Waals surface area (Å²) in [6.07, 6.45) is -6.04. The van der Waals surface area contributed by atoms with Crippen molar-refractivity contribution in [3.05, 3.63) is 95.6 Å². The van der Waals surface area contributed by atoms with Gasteiger partial charge in [-0.3, -0.25) is 4.79 Å². The molecular weight excluding hydrogens is 485 g/mol. The van der Waals surface area contributed by atoms with E-state index in [1.165, 1.54) is 19.2 Å². The van der Waals surface area contributed by atoms with Gasteiger partial charge in [0.15, 0.2) is 6.61 Å². The normalized spacial score (nSPS) is 17.9. The lowest BCUT2D eigenvalue weighted by molar-refractivity contribution is -0.302. The largest absolute Gasteiger partial charge is 0.497 e. The van der Waals surface area contributed by atoms with E-state index in [-0.39, 0.29) is 16.1 Å². The minimum absolute atomic E-state index is 0.0689. The number of alkyl halides is 3. The Morgan fingerprint density at radius 1 is 0.946 bits per heavy atom. The number of hydrogen-bond acceptors (Lipinski definition) is 5. The van der Waals surface area contributed by atoms with Gasteiger partial charge in [0.2, 0.25) is 0 Å². The highest BCUT2D eigenvalue weighted by atomic mass is 19.4. The van der Waals surface area contributed by atoms with Gasteiger partial charge in [-0.05, 0) is 53.1 Å². The number of aliphatic hydroxyl groups is 1. The number of rotatable bonds is 7. The van der Waals surface area contributed by atoms with Crippen LogP contribution in [0.5, 0.6) is 11.5 Å². The summed E-state index contributed by atoms with van der Waals surface area (Å²) >= 11 is 0. The molecule has 1 heterocycles. The van der Waals surface area contributed by atoms with E-state index in [1.807, 2.05) is 42.5 Å². The van der Waals surface area contributed by atoms with Crippen LogP contribution in [0.3, 0.4) is 0 Å². The van der Waals surface area contributed by atoms with E-state index in [0.717, 1.165) is 11.1 Å². The first kappa shape index (κ1) is 26.2. The Morgan fingerprint density at radius 3 is 2.08 bits per heavy atom. The molecule has 0 bridgehead atoms. The summed E-state index contributed by atoms with van der Waals surface area (Å²) in [6.45, 7) is 3.41. The Balaban J connectivity index is 1.50. The number of hydrogen-bond donors (Lipinski definition) is 1. The third-order valence-corrected chi connectivity index (χ3v) is 6.53. The predicted molar refractivity (Wildman–Crippen MR) is 133 cm³/mol. The van der Waals surface area contributed by atoms with Crippen molar-refractivity contribution in [1.82, 2.24) is 5.01 Å². The fourth-order valence-corrected chi connectivity index (χ4v) is 4.17. The Bertz CT molecular complexity index is 1270.